The summed E-state index contributed by atoms with van der Waals surface area (Å²) in [7, 11) is 0. The molecule has 4 heterocycles. The number of aliphatic hydroxyl groups is 1. The quantitative estimate of drug-likeness (QED) is 0.267. The lowest BCUT2D eigenvalue weighted by atomic mass is 9.98. The van der Waals surface area contributed by atoms with Crippen LogP contribution in [0.25, 0.3) is 33.4 Å². The van der Waals surface area contributed by atoms with Crippen LogP contribution in [0.5, 0.6) is 5.88 Å². The molecule has 1 aromatic carbocycles. The molecule has 0 radical (unpaired) electrons. The lowest BCUT2D eigenvalue weighted by Crippen LogP contribution is -2.19. The second-order valence-corrected chi connectivity index (χ2v) is 9.52. The molecule has 0 spiro atoms. The van der Waals surface area contributed by atoms with Gasteiger partial charge in [-0.2, -0.15) is 5.10 Å². The number of carbonyl (C=O) groups excluding carboxylic acids is 1. The number of nitrogens with one attached hydrogen (secondary N) is 1. The number of rotatable bonds is 8. The lowest BCUT2D eigenvalue weighted by Gasteiger charge is -2.23. The number of halogens is 1. The molecule has 1 atom stereocenters. The summed E-state index contributed by atoms with van der Waals surface area (Å²) in [6, 6.07) is 8.26. The predicted octanol–water partition coefficient (Wildman–Crippen LogP) is 5.76. The van der Waals surface area contributed by atoms with E-state index in [1.54, 1.807) is 30.1 Å². The van der Waals surface area contributed by atoms with E-state index in [-0.39, 0.29) is 36.8 Å². The number of hydrogen-bond donors (Lipinski definition) is 2. The van der Waals surface area contributed by atoms with Crippen LogP contribution >= 0.6 is 0 Å². The van der Waals surface area contributed by atoms with Gasteiger partial charge >= 0.3 is 6.09 Å². The van der Waals surface area contributed by atoms with Gasteiger partial charge in [0, 0.05) is 29.8 Å². The highest BCUT2D eigenvalue weighted by atomic mass is 19.1. The smallest absolute Gasteiger partial charge is 0.416 e. The third-order valence-electron chi connectivity index (χ3n) is 6.47. The van der Waals surface area contributed by atoms with Crippen LogP contribution in [-0.4, -0.2) is 50.8 Å². The summed E-state index contributed by atoms with van der Waals surface area (Å²) >= 11 is 0. The average Bonchev–Trinajstić information content (AvgIpc) is 3.38. The monoisotopic (exact) mass is 547 g/mol. The molecule has 1 aliphatic heterocycles. The number of ether oxygens (including phenoxy) is 3. The molecule has 0 aliphatic carbocycles. The minimum atomic E-state index is -0.846. The van der Waals surface area contributed by atoms with Crippen LogP contribution in [0.4, 0.5) is 14.9 Å². The number of aliphatic hydroxyl groups excluding tert-OH is 1. The molecule has 5 rings (SSSR count). The van der Waals surface area contributed by atoms with E-state index in [2.05, 4.69) is 27.0 Å². The largest absolute Gasteiger partial charge is 0.475 e. The first-order valence-electron chi connectivity index (χ1n) is 13.0. The number of allylic oxidation sites excluding steroid dienone is 1. The Labute approximate surface area is 230 Å². The normalized spacial score (nSPS) is 15.2. The van der Waals surface area contributed by atoms with Crippen molar-refractivity contribution in [1.82, 2.24) is 19.7 Å². The number of fused-ring (bicyclic) bond motifs is 1. The summed E-state index contributed by atoms with van der Waals surface area (Å²) < 4.78 is 33.1. The third-order valence-corrected chi connectivity index (χ3v) is 6.47. The van der Waals surface area contributed by atoms with E-state index >= 15 is 0 Å². The molecule has 3 aromatic heterocycles. The van der Waals surface area contributed by atoms with Crippen LogP contribution in [-0.2, 0) is 9.47 Å². The van der Waals surface area contributed by atoms with E-state index in [1.165, 1.54) is 19.1 Å². The molecule has 1 unspecified atom stereocenters. The zero-order chi connectivity index (χ0) is 28.2. The van der Waals surface area contributed by atoms with Crippen molar-refractivity contribution in [1.29, 1.82) is 0 Å². The fourth-order valence-electron chi connectivity index (χ4n) is 4.69. The molecule has 10 nitrogen and oxygen atoms in total. The number of amides is 1. The number of pyridine rings is 2. The molecule has 0 saturated carbocycles. The van der Waals surface area contributed by atoms with Crippen molar-refractivity contribution >= 4 is 22.8 Å². The molecular weight excluding hydrogens is 517 g/mol. The van der Waals surface area contributed by atoms with Crippen LogP contribution < -0.4 is 10.1 Å². The number of anilines is 1. The Kier molecular flexibility index (Phi) is 8.04. The summed E-state index contributed by atoms with van der Waals surface area (Å²) in [6.07, 6.45) is 5.35. The Morgan fingerprint density at radius 3 is 2.88 bits per heavy atom. The predicted molar refractivity (Wildman–Crippen MR) is 147 cm³/mol. The maximum Gasteiger partial charge on any atom is 0.416 e. The van der Waals surface area contributed by atoms with Gasteiger partial charge in [-0.3, -0.25) is 5.32 Å². The van der Waals surface area contributed by atoms with Gasteiger partial charge in [-0.05, 0) is 74.1 Å². The lowest BCUT2D eigenvalue weighted by molar-refractivity contribution is -0.0370. The Bertz CT molecular complexity index is 1560. The van der Waals surface area contributed by atoms with E-state index in [0.29, 0.717) is 34.6 Å². The minimum Gasteiger partial charge on any atom is -0.475 e. The first kappa shape index (κ1) is 27.2. The molecule has 1 aliphatic rings. The molecule has 1 saturated heterocycles. The summed E-state index contributed by atoms with van der Waals surface area (Å²) in [5.41, 5.74) is 3.90. The van der Waals surface area contributed by atoms with Crippen LogP contribution in [0.15, 0.2) is 55.1 Å². The Morgan fingerprint density at radius 1 is 1.27 bits per heavy atom. The highest BCUT2D eigenvalue weighted by molar-refractivity contribution is 5.93. The second kappa shape index (κ2) is 11.8. The summed E-state index contributed by atoms with van der Waals surface area (Å²) in [4.78, 5) is 21.4. The fourth-order valence-corrected chi connectivity index (χ4v) is 4.69. The molecule has 4 aromatic rings. The minimum absolute atomic E-state index is 0.0422. The van der Waals surface area contributed by atoms with Crippen molar-refractivity contribution in [3.63, 3.8) is 0 Å². The Morgan fingerprint density at radius 2 is 2.12 bits per heavy atom. The van der Waals surface area contributed by atoms with E-state index in [0.717, 1.165) is 30.2 Å². The van der Waals surface area contributed by atoms with E-state index in [4.69, 9.17) is 14.2 Å². The van der Waals surface area contributed by atoms with Crippen LogP contribution in [0, 0.1) is 12.7 Å². The summed E-state index contributed by atoms with van der Waals surface area (Å²) in [6.45, 7) is 7.34. The highest BCUT2D eigenvalue weighted by Crippen LogP contribution is 2.36. The van der Waals surface area contributed by atoms with Gasteiger partial charge in [0.25, 0.3) is 0 Å². The SMILES string of the molecule is C=C(C)OC(=O)Nc1cc(-c2cc(OCCO)nc(-c3ccnc4c3cnn4C3CCCCO3)c2)c(C)cc1F. The number of benzene rings is 1. The van der Waals surface area contributed by atoms with Crippen molar-refractivity contribution in [2.24, 2.45) is 0 Å². The van der Waals surface area contributed by atoms with Gasteiger partial charge in [-0.25, -0.2) is 23.8 Å². The van der Waals surface area contributed by atoms with E-state index < -0.39 is 11.9 Å². The molecule has 40 heavy (non-hydrogen) atoms. The van der Waals surface area contributed by atoms with Crippen molar-refractivity contribution in [3.8, 4) is 28.3 Å². The molecule has 2 N–H and O–H groups in total. The topological polar surface area (TPSA) is 121 Å². The fraction of sp³-hybridized carbons (Fsp3) is 0.310. The maximum atomic E-state index is 14.8. The average molecular weight is 548 g/mol. The highest BCUT2D eigenvalue weighted by Gasteiger charge is 2.22. The van der Waals surface area contributed by atoms with Gasteiger partial charge < -0.3 is 19.3 Å². The molecule has 1 fully saturated rings. The van der Waals surface area contributed by atoms with Crippen molar-refractivity contribution in [2.75, 3.05) is 25.1 Å². The van der Waals surface area contributed by atoms with Gasteiger partial charge in [0.2, 0.25) is 5.88 Å². The number of nitrogens with zero attached hydrogens (tertiary/aromatic N) is 4. The number of hydrogen-bond acceptors (Lipinski definition) is 8. The molecule has 208 valence electrons. The van der Waals surface area contributed by atoms with Gasteiger partial charge in [0.1, 0.15) is 12.4 Å². The van der Waals surface area contributed by atoms with E-state index in [9.17, 15) is 14.3 Å². The first-order chi connectivity index (χ1) is 19.3. The molecule has 11 heteroatoms. The third kappa shape index (κ3) is 5.80. The van der Waals surface area contributed by atoms with Crippen LogP contribution in [0.1, 0.15) is 38.0 Å². The Balaban J connectivity index is 1.59. The molecule has 1 amide bonds. The number of aromatic nitrogens is 4. The van der Waals surface area contributed by atoms with Gasteiger partial charge in [-0.1, -0.05) is 6.58 Å². The molecular formula is C29H30FN5O5. The summed E-state index contributed by atoms with van der Waals surface area (Å²) in [5.74, 6) is -0.162. The standard InChI is InChI=1S/C29H30FN5O5/c1-17(2)40-29(37)34-25-15-21(18(3)12-23(25)30)19-13-24(33-26(14-19)38-11-9-36)20-7-8-31-28-22(20)16-32-35(28)27-6-4-5-10-39-27/h7-8,12-16,27,36H,1,4-6,9-11H2,2-3H3,(H,34,37). The van der Waals surface area contributed by atoms with Crippen molar-refractivity contribution in [3.05, 3.63) is 66.4 Å². The van der Waals surface area contributed by atoms with Gasteiger partial charge in [-0.15, -0.1) is 0 Å². The van der Waals surface area contributed by atoms with Gasteiger partial charge in [0.15, 0.2) is 11.9 Å². The number of carbonyl (C=O) groups is 1. The number of aryl methyl sites for hydroxylation is 1. The molecule has 0 bridgehead atoms. The Hall–Kier alpha value is -4.35. The second-order valence-electron chi connectivity index (χ2n) is 9.52. The van der Waals surface area contributed by atoms with Crippen molar-refractivity contribution in [2.45, 2.75) is 39.3 Å². The van der Waals surface area contributed by atoms with Crippen LogP contribution in [0.2, 0.25) is 0 Å². The maximum absolute atomic E-state index is 14.8. The zero-order valence-corrected chi connectivity index (χ0v) is 22.3. The first-order valence-corrected chi connectivity index (χ1v) is 13.0. The summed E-state index contributed by atoms with van der Waals surface area (Å²) in [5, 5.41) is 17.1. The van der Waals surface area contributed by atoms with E-state index in [1.807, 2.05) is 12.1 Å². The van der Waals surface area contributed by atoms with Crippen molar-refractivity contribution < 1.29 is 28.5 Å². The zero-order valence-electron chi connectivity index (χ0n) is 22.3. The van der Waals surface area contributed by atoms with Gasteiger partial charge in [0.05, 0.1) is 29.9 Å². The van der Waals surface area contributed by atoms with Crippen LogP contribution in [0.3, 0.4) is 0 Å².